The average molecular weight is 392 g/mol. The van der Waals surface area contributed by atoms with E-state index >= 15 is 0 Å². The smallest absolute Gasteiger partial charge is 0.318 e. The normalized spacial score (nSPS) is 10.9. The van der Waals surface area contributed by atoms with Crippen molar-refractivity contribution in [3.05, 3.63) is 82.9 Å². The van der Waals surface area contributed by atoms with E-state index in [0.717, 1.165) is 28.2 Å². The van der Waals surface area contributed by atoms with E-state index in [9.17, 15) is 14.0 Å². The van der Waals surface area contributed by atoms with Gasteiger partial charge in [-0.15, -0.1) is 0 Å². The minimum Gasteiger partial charge on any atom is -0.318 e. The number of nitrogens with zero attached hydrogens (tertiary/aromatic N) is 2. The molecule has 0 bridgehead atoms. The summed E-state index contributed by atoms with van der Waals surface area (Å²) in [7, 11) is 0. The maximum atomic E-state index is 13.2. The van der Waals surface area contributed by atoms with Crippen LogP contribution in [0.4, 0.5) is 10.1 Å². The third kappa shape index (κ3) is 4.57. The molecule has 0 aliphatic rings. The molecule has 2 amide bonds. The Hall–Kier alpha value is -3.74. The number of aryl methyl sites for hydroxylation is 2. The Morgan fingerprint density at radius 1 is 1.00 bits per heavy atom. The van der Waals surface area contributed by atoms with Crippen molar-refractivity contribution in [1.82, 2.24) is 9.99 Å². The van der Waals surface area contributed by atoms with Crippen LogP contribution in [-0.4, -0.2) is 22.6 Å². The molecule has 3 rings (SSSR count). The van der Waals surface area contributed by atoms with Gasteiger partial charge in [0.05, 0.1) is 6.21 Å². The molecular formula is C22H21FN4O2. The largest absolute Gasteiger partial charge is 0.329 e. The summed E-state index contributed by atoms with van der Waals surface area (Å²) >= 11 is 0. The maximum Gasteiger partial charge on any atom is 0.329 e. The van der Waals surface area contributed by atoms with E-state index in [1.807, 2.05) is 43.5 Å². The predicted octanol–water partition coefficient (Wildman–Crippen LogP) is 3.63. The third-order valence-corrected chi connectivity index (χ3v) is 4.52. The number of hydrogen-bond acceptors (Lipinski definition) is 3. The van der Waals surface area contributed by atoms with Crippen LogP contribution in [0.25, 0.3) is 5.69 Å². The summed E-state index contributed by atoms with van der Waals surface area (Å²) in [5.41, 5.74) is 7.05. The van der Waals surface area contributed by atoms with Gasteiger partial charge in [-0.3, -0.25) is 9.59 Å². The molecular weight excluding hydrogens is 371 g/mol. The summed E-state index contributed by atoms with van der Waals surface area (Å²) in [5.74, 6) is -1.96. The third-order valence-electron chi connectivity index (χ3n) is 4.52. The second kappa shape index (κ2) is 8.52. The van der Waals surface area contributed by atoms with E-state index < -0.39 is 11.8 Å². The van der Waals surface area contributed by atoms with E-state index in [1.54, 1.807) is 24.3 Å². The zero-order valence-electron chi connectivity index (χ0n) is 16.4. The number of hydrogen-bond donors (Lipinski definition) is 2. The molecule has 1 heterocycles. The molecule has 6 nitrogen and oxygen atoms in total. The van der Waals surface area contributed by atoms with Gasteiger partial charge in [0.15, 0.2) is 0 Å². The van der Waals surface area contributed by atoms with Crippen molar-refractivity contribution >= 4 is 23.7 Å². The van der Waals surface area contributed by atoms with Crippen LogP contribution >= 0.6 is 0 Å². The molecule has 3 aromatic rings. The van der Waals surface area contributed by atoms with E-state index in [4.69, 9.17) is 0 Å². The molecule has 148 valence electrons. The lowest BCUT2D eigenvalue weighted by molar-refractivity contribution is -0.136. The summed E-state index contributed by atoms with van der Waals surface area (Å²) in [6, 6.07) is 15.2. The topological polar surface area (TPSA) is 75.5 Å². The molecule has 0 atom stereocenters. The Balaban J connectivity index is 1.68. The first kappa shape index (κ1) is 20.0. The molecule has 0 saturated carbocycles. The van der Waals surface area contributed by atoms with Crippen LogP contribution < -0.4 is 10.7 Å². The number of amides is 2. The SMILES string of the molecule is Cc1ccccc1NC(=O)C(=O)N/N=C\c1cc(C)n(-c2ccc(F)cc2)c1C. The Kier molecular flexibility index (Phi) is 5.87. The number of hydrazone groups is 1. The standard InChI is InChI=1S/C22H21FN4O2/c1-14-6-4-5-7-20(14)25-21(28)22(29)26-24-13-17-12-15(2)27(16(17)3)19-10-8-18(23)9-11-19/h4-13H,1-3H3,(H,25,28)(H,26,29)/b24-13-. The lowest BCUT2D eigenvalue weighted by Crippen LogP contribution is -2.32. The molecule has 7 heteroatoms. The molecule has 0 fully saturated rings. The van der Waals surface area contributed by atoms with Crippen LogP contribution in [0.1, 0.15) is 22.5 Å². The first-order chi connectivity index (χ1) is 13.9. The number of carbonyl (C=O) groups excluding carboxylic acids is 2. The lowest BCUT2D eigenvalue weighted by Gasteiger charge is -2.09. The van der Waals surface area contributed by atoms with Crippen molar-refractivity contribution in [2.45, 2.75) is 20.8 Å². The number of nitrogens with one attached hydrogen (secondary N) is 2. The van der Waals surface area contributed by atoms with Crippen LogP contribution in [0, 0.1) is 26.6 Å². The average Bonchev–Trinajstić information content (AvgIpc) is 2.97. The molecule has 0 unspecified atom stereocenters. The van der Waals surface area contributed by atoms with E-state index in [1.165, 1.54) is 18.3 Å². The summed E-state index contributed by atoms with van der Waals surface area (Å²) in [5, 5.41) is 6.44. The number of aromatic nitrogens is 1. The quantitative estimate of drug-likeness (QED) is 0.404. The van der Waals surface area contributed by atoms with Gasteiger partial charge >= 0.3 is 11.8 Å². The fourth-order valence-corrected chi connectivity index (χ4v) is 3.01. The highest BCUT2D eigenvalue weighted by Gasteiger charge is 2.14. The zero-order valence-corrected chi connectivity index (χ0v) is 16.4. The number of para-hydroxylation sites is 1. The molecule has 0 aliphatic carbocycles. The van der Waals surface area contributed by atoms with Crippen molar-refractivity contribution < 1.29 is 14.0 Å². The molecule has 2 N–H and O–H groups in total. The first-order valence-electron chi connectivity index (χ1n) is 9.01. The highest BCUT2D eigenvalue weighted by Crippen LogP contribution is 2.20. The second-order valence-corrected chi connectivity index (χ2v) is 6.61. The van der Waals surface area contributed by atoms with Crippen molar-refractivity contribution in [2.24, 2.45) is 5.10 Å². The maximum absolute atomic E-state index is 13.2. The second-order valence-electron chi connectivity index (χ2n) is 6.61. The lowest BCUT2D eigenvalue weighted by atomic mass is 10.2. The highest BCUT2D eigenvalue weighted by molar-refractivity contribution is 6.39. The Morgan fingerprint density at radius 2 is 1.69 bits per heavy atom. The number of rotatable bonds is 4. The van der Waals surface area contributed by atoms with Crippen LogP contribution in [0.15, 0.2) is 59.7 Å². The molecule has 29 heavy (non-hydrogen) atoms. The van der Waals surface area contributed by atoms with Gasteiger partial charge in [-0.2, -0.15) is 5.10 Å². The Bertz CT molecular complexity index is 1080. The molecule has 0 radical (unpaired) electrons. The fraction of sp³-hybridized carbons (Fsp3) is 0.136. The monoisotopic (exact) mass is 392 g/mol. The summed E-state index contributed by atoms with van der Waals surface area (Å²) in [6.45, 7) is 5.65. The van der Waals surface area contributed by atoms with Gasteiger partial charge in [-0.1, -0.05) is 18.2 Å². The van der Waals surface area contributed by atoms with Gasteiger partial charge in [0, 0.05) is 28.3 Å². The van der Waals surface area contributed by atoms with Crippen molar-refractivity contribution in [2.75, 3.05) is 5.32 Å². The fourth-order valence-electron chi connectivity index (χ4n) is 3.01. The minimum absolute atomic E-state index is 0.301. The molecule has 1 aromatic heterocycles. The van der Waals surface area contributed by atoms with E-state index in [2.05, 4.69) is 15.8 Å². The predicted molar refractivity (Wildman–Crippen MR) is 111 cm³/mol. The Morgan fingerprint density at radius 3 is 2.38 bits per heavy atom. The summed E-state index contributed by atoms with van der Waals surface area (Å²) in [4.78, 5) is 24.0. The molecule has 2 aromatic carbocycles. The van der Waals surface area contributed by atoms with Gasteiger partial charge in [0.25, 0.3) is 0 Å². The zero-order chi connectivity index (χ0) is 21.0. The van der Waals surface area contributed by atoms with Gasteiger partial charge in [-0.05, 0) is 62.7 Å². The molecule has 0 spiro atoms. The number of benzene rings is 2. The van der Waals surface area contributed by atoms with E-state index in [-0.39, 0.29) is 5.82 Å². The van der Waals surface area contributed by atoms with Crippen LogP contribution in [0.2, 0.25) is 0 Å². The van der Waals surface area contributed by atoms with E-state index in [0.29, 0.717) is 5.69 Å². The van der Waals surface area contributed by atoms with Gasteiger partial charge in [0.1, 0.15) is 5.82 Å². The minimum atomic E-state index is -0.864. The van der Waals surface area contributed by atoms with Gasteiger partial charge < -0.3 is 9.88 Å². The molecule has 0 saturated heterocycles. The van der Waals surface area contributed by atoms with Crippen molar-refractivity contribution in [3.63, 3.8) is 0 Å². The summed E-state index contributed by atoms with van der Waals surface area (Å²) < 4.78 is 15.1. The number of carbonyl (C=O) groups is 2. The van der Waals surface area contributed by atoms with Crippen molar-refractivity contribution in [3.8, 4) is 5.69 Å². The number of halogens is 1. The Labute approximate surface area is 168 Å². The highest BCUT2D eigenvalue weighted by atomic mass is 19.1. The van der Waals surface area contributed by atoms with Crippen LogP contribution in [0.5, 0.6) is 0 Å². The van der Waals surface area contributed by atoms with Crippen molar-refractivity contribution in [1.29, 1.82) is 0 Å². The molecule has 0 aliphatic heterocycles. The number of anilines is 1. The van der Waals surface area contributed by atoms with Crippen LogP contribution in [-0.2, 0) is 9.59 Å². The van der Waals surface area contributed by atoms with Gasteiger partial charge in [-0.25, -0.2) is 9.82 Å². The first-order valence-corrected chi connectivity index (χ1v) is 9.01. The van der Waals surface area contributed by atoms with Gasteiger partial charge in [0.2, 0.25) is 0 Å². The summed E-state index contributed by atoms with van der Waals surface area (Å²) in [6.07, 6.45) is 1.47. The van der Waals surface area contributed by atoms with Crippen LogP contribution in [0.3, 0.4) is 0 Å².